The molecule has 0 fully saturated rings. The summed E-state index contributed by atoms with van der Waals surface area (Å²) in [6, 6.07) is 11.4. The molecule has 1 heterocycles. The Bertz CT molecular complexity index is 424. The Morgan fingerprint density at radius 1 is 1.12 bits per heavy atom. The first-order valence-corrected chi connectivity index (χ1v) is 6.26. The fourth-order valence-corrected chi connectivity index (χ4v) is 2.38. The normalized spacial score (nSPS) is 14.6. The van der Waals surface area contributed by atoms with Gasteiger partial charge in [0.15, 0.2) is 0 Å². The van der Waals surface area contributed by atoms with Gasteiger partial charge < -0.3 is 9.52 Å². The van der Waals surface area contributed by atoms with Crippen LogP contribution in [0.5, 0.6) is 0 Å². The molecule has 3 heteroatoms. The molecule has 0 saturated carbocycles. The van der Waals surface area contributed by atoms with Crippen molar-refractivity contribution in [3.8, 4) is 0 Å². The lowest BCUT2D eigenvalue weighted by Gasteiger charge is -2.26. The fraction of sp³-hybridized carbons (Fsp3) is 0.231. The van der Waals surface area contributed by atoms with E-state index in [9.17, 15) is 5.11 Å². The Labute approximate surface area is 103 Å². The predicted octanol–water partition coefficient (Wildman–Crippen LogP) is 3.30. The van der Waals surface area contributed by atoms with Crippen LogP contribution in [0, 0.1) is 0 Å². The first kappa shape index (κ1) is 11.4. The summed E-state index contributed by atoms with van der Waals surface area (Å²) >= 11 is 3.38. The van der Waals surface area contributed by atoms with Gasteiger partial charge in [-0.05, 0) is 18.1 Å². The second-order valence-electron chi connectivity index (χ2n) is 3.68. The van der Waals surface area contributed by atoms with Crippen LogP contribution in [0.2, 0.25) is 0 Å². The summed E-state index contributed by atoms with van der Waals surface area (Å²) < 4.78 is 5.05. The highest BCUT2D eigenvalue weighted by molar-refractivity contribution is 9.09. The van der Waals surface area contributed by atoms with Crippen LogP contribution >= 0.6 is 15.9 Å². The van der Waals surface area contributed by atoms with E-state index in [1.54, 1.807) is 18.6 Å². The predicted molar refractivity (Wildman–Crippen MR) is 66.6 cm³/mol. The topological polar surface area (TPSA) is 33.4 Å². The Morgan fingerprint density at radius 3 is 2.44 bits per heavy atom. The minimum atomic E-state index is -0.974. The molecule has 1 aromatic carbocycles. The third-order valence-electron chi connectivity index (χ3n) is 2.71. The maximum absolute atomic E-state index is 10.8. The maximum Gasteiger partial charge on any atom is 0.118 e. The summed E-state index contributed by atoms with van der Waals surface area (Å²) in [6.07, 6.45) is 3.78. The lowest BCUT2D eigenvalue weighted by Crippen LogP contribution is -2.27. The number of hydrogen-bond donors (Lipinski definition) is 1. The molecule has 0 aliphatic carbocycles. The van der Waals surface area contributed by atoms with Gasteiger partial charge in [0.25, 0.3) is 0 Å². The molecule has 0 spiro atoms. The molecule has 2 rings (SSSR count). The Balaban J connectivity index is 2.44. The first-order valence-electron chi connectivity index (χ1n) is 5.14. The van der Waals surface area contributed by atoms with E-state index in [4.69, 9.17) is 4.42 Å². The minimum Gasteiger partial charge on any atom is -0.472 e. The van der Waals surface area contributed by atoms with Crippen molar-refractivity contribution in [2.24, 2.45) is 0 Å². The van der Waals surface area contributed by atoms with Gasteiger partial charge in [0.2, 0.25) is 0 Å². The van der Waals surface area contributed by atoms with Crippen LogP contribution < -0.4 is 0 Å². The Morgan fingerprint density at radius 2 is 1.88 bits per heavy atom. The smallest absolute Gasteiger partial charge is 0.118 e. The second kappa shape index (κ2) is 4.85. The molecule has 16 heavy (non-hydrogen) atoms. The van der Waals surface area contributed by atoms with Gasteiger partial charge in [0.05, 0.1) is 12.5 Å². The number of aliphatic hydroxyl groups is 1. The van der Waals surface area contributed by atoms with Gasteiger partial charge in [-0.25, -0.2) is 0 Å². The number of rotatable bonds is 4. The van der Waals surface area contributed by atoms with Crippen LogP contribution in [-0.4, -0.2) is 10.4 Å². The summed E-state index contributed by atoms with van der Waals surface area (Å²) in [5.41, 5.74) is 0.701. The summed E-state index contributed by atoms with van der Waals surface area (Å²) in [7, 11) is 0. The monoisotopic (exact) mass is 280 g/mol. The van der Waals surface area contributed by atoms with Gasteiger partial charge >= 0.3 is 0 Å². The lowest BCUT2D eigenvalue weighted by molar-refractivity contribution is 0.0775. The summed E-state index contributed by atoms with van der Waals surface area (Å²) in [6.45, 7) is 0. The molecule has 1 aromatic heterocycles. The molecule has 2 aromatic rings. The van der Waals surface area contributed by atoms with Crippen LogP contribution in [-0.2, 0) is 5.60 Å². The molecule has 84 valence electrons. The van der Waals surface area contributed by atoms with Crippen LogP contribution in [0.25, 0.3) is 0 Å². The minimum absolute atomic E-state index is 0.608. The molecule has 0 unspecified atom stereocenters. The highest BCUT2D eigenvalue weighted by Crippen LogP contribution is 2.33. The number of hydrogen-bond acceptors (Lipinski definition) is 2. The number of alkyl halides is 1. The highest BCUT2D eigenvalue weighted by Gasteiger charge is 2.31. The van der Waals surface area contributed by atoms with Gasteiger partial charge in [0.1, 0.15) is 5.60 Å². The molecule has 2 nitrogen and oxygen atoms in total. The average Bonchev–Trinajstić information content (AvgIpc) is 2.84. The van der Waals surface area contributed by atoms with Crippen molar-refractivity contribution in [2.75, 3.05) is 5.33 Å². The van der Waals surface area contributed by atoms with Gasteiger partial charge in [-0.2, -0.15) is 0 Å². The zero-order chi connectivity index (χ0) is 11.4. The Kier molecular flexibility index (Phi) is 3.46. The maximum atomic E-state index is 10.8. The number of halogens is 1. The van der Waals surface area contributed by atoms with E-state index in [0.717, 1.165) is 16.5 Å². The molecule has 0 bridgehead atoms. The van der Waals surface area contributed by atoms with Gasteiger partial charge in [-0.1, -0.05) is 46.3 Å². The summed E-state index contributed by atoms with van der Waals surface area (Å²) in [4.78, 5) is 0. The molecule has 0 saturated heterocycles. The molecule has 0 radical (unpaired) electrons. The average molecular weight is 281 g/mol. The lowest BCUT2D eigenvalue weighted by atomic mass is 9.86. The fourth-order valence-electron chi connectivity index (χ4n) is 1.81. The van der Waals surface area contributed by atoms with Crippen LogP contribution in [0.4, 0.5) is 0 Å². The molecule has 1 N–H and O–H groups in total. The molecule has 0 aliphatic heterocycles. The van der Waals surface area contributed by atoms with E-state index in [0.29, 0.717) is 6.42 Å². The van der Waals surface area contributed by atoms with E-state index in [-0.39, 0.29) is 0 Å². The Hall–Kier alpha value is -1.06. The quantitative estimate of drug-likeness (QED) is 0.872. The van der Waals surface area contributed by atoms with Crippen molar-refractivity contribution in [3.63, 3.8) is 0 Å². The standard InChI is InChI=1S/C13H13BrO2/c14-8-7-13(15,12-6-9-16-10-12)11-4-2-1-3-5-11/h1-6,9-10,15H,7-8H2/t13-/m0/s1. The first-order chi connectivity index (χ1) is 7.77. The zero-order valence-electron chi connectivity index (χ0n) is 8.77. The van der Waals surface area contributed by atoms with E-state index < -0.39 is 5.60 Å². The van der Waals surface area contributed by atoms with E-state index in [1.807, 2.05) is 30.3 Å². The third kappa shape index (κ3) is 2.06. The second-order valence-corrected chi connectivity index (χ2v) is 4.47. The zero-order valence-corrected chi connectivity index (χ0v) is 10.4. The van der Waals surface area contributed by atoms with E-state index >= 15 is 0 Å². The van der Waals surface area contributed by atoms with Crippen molar-refractivity contribution in [2.45, 2.75) is 12.0 Å². The van der Waals surface area contributed by atoms with Crippen LogP contribution in [0.3, 0.4) is 0 Å². The van der Waals surface area contributed by atoms with Crippen molar-refractivity contribution < 1.29 is 9.52 Å². The summed E-state index contributed by atoms with van der Waals surface area (Å²) in [5, 5.41) is 11.5. The number of benzene rings is 1. The molecule has 1 atom stereocenters. The third-order valence-corrected chi connectivity index (χ3v) is 3.10. The van der Waals surface area contributed by atoms with E-state index in [2.05, 4.69) is 15.9 Å². The van der Waals surface area contributed by atoms with Crippen molar-refractivity contribution in [1.82, 2.24) is 0 Å². The summed E-state index contributed by atoms with van der Waals surface area (Å²) in [5.74, 6) is 0. The highest BCUT2D eigenvalue weighted by atomic mass is 79.9. The SMILES string of the molecule is O[C@@](CCBr)(c1ccccc1)c1ccoc1. The largest absolute Gasteiger partial charge is 0.472 e. The van der Waals surface area contributed by atoms with Crippen LogP contribution in [0.1, 0.15) is 17.5 Å². The van der Waals surface area contributed by atoms with Crippen molar-refractivity contribution in [3.05, 3.63) is 60.1 Å². The van der Waals surface area contributed by atoms with Gasteiger partial charge in [-0.3, -0.25) is 0 Å². The van der Waals surface area contributed by atoms with Gasteiger partial charge in [0, 0.05) is 10.9 Å². The molecule has 0 amide bonds. The van der Waals surface area contributed by atoms with Crippen molar-refractivity contribution in [1.29, 1.82) is 0 Å². The molecular weight excluding hydrogens is 268 g/mol. The number of furan rings is 1. The van der Waals surface area contributed by atoms with Crippen molar-refractivity contribution >= 4 is 15.9 Å². The molecule has 0 aliphatic rings. The van der Waals surface area contributed by atoms with Gasteiger partial charge in [-0.15, -0.1) is 0 Å². The van der Waals surface area contributed by atoms with E-state index in [1.165, 1.54) is 0 Å². The van der Waals surface area contributed by atoms with Crippen LogP contribution in [0.15, 0.2) is 53.3 Å². The molecular formula is C13H13BrO2.